The zero-order valence-corrected chi connectivity index (χ0v) is 11.5. The summed E-state index contributed by atoms with van der Waals surface area (Å²) in [7, 11) is 0. The summed E-state index contributed by atoms with van der Waals surface area (Å²) in [5.74, 6) is -1.22. The van der Waals surface area contributed by atoms with Crippen LogP contribution in [0.25, 0.3) is 0 Å². The molecule has 0 radical (unpaired) electrons. The first kappa shape index (κ1) is 15.5. The molecule has 0 saturated carbocycles. The van der Waals surface area contributed by atoms with E-state index < -0.39 is 17.7 Å². The zero-order chi connectivity index (χ0) is 15.3. The normalized spacial score (nSPS) is 10.7. The highest BCUT2D eigenvalue weighted by Crippen LogP contribution is 2.17. The van der Waals surface area contributed by atoms with Crippen LogP contribution in [0.1, 0.15) is 37.6 Å². The maximum absolute atomic E-state index is 11.7. The second-order valence-electron chi connectivity index (χ2n) is 4.97. The summed E-state index contributed by atoms with van der Waals surface area (Å²) in [6.45, 7) is 5.25. The Labute approximate surface area is 115 Å². The highest BCUT2D eigenvalue weighted by atomic mass is 16.6. The van der Waals surface area contributed by atoms with Crippen LogP contribution in [-0.2, 0) is 11.3 Å². The van der Waals surface area contributed by atoms with Crippen molar-refractivity contribution in [3.8, 4) is 6.07 Å². The second-order valence-corrected chi connectivity index (χ2v) is 4.97. The Morgan fingerprint density at radius 2 is 2.20 bits per heavy atom. The van der Waals surface area contributed by atoms with Gasteiger partial charge in [0.2, 0.25) is 0 Å². The second kappa shape index (κ2) is 6.06. The van der Waals surface area contributed by atoms with Crippen LogP contribution in [0.3, 0.4) is 0 Å². The molecule has 0 saturated heterocycles. The summed E-state index contributed by atoms with van der Waals surface area (Å²) in [6, 6.07) is 1.92. The van der Waals surface area contributed by atoms with Gasteiger partial charge in [0.1, 0.15) is 17.0 Å². The number of carboxylic acid groups (broad SMARTS) is 1. The van der Waals surface area contributed by atoms with Crippen molar-refractivity contribution in [3.63, 3.8) is 0 Å². The van der Waals surface area contributed by atoms with Gasteiger partial charge in [-0.2, -0.15) is 10.4 Å². The number of carbonyl (C=O) groups excluding carboxylic acids is 1. The molecule has 1 aromatic heterocycles. The number of aryl methyl sites for hydroxylation is 1. The summed E-state index contributed by atoms with van der Waals surface area (Å²) < 4.78 is 6.30. The lowest BCUT2D eigenvalue weighted by Gasteiger charge is -2.20. The molecule has 0 aliphatic rings. The van der Waals surface area contributed by atoms with Gasteiger partial charge in [0, 0.05) is 0 Å². The van der Waals surface area contributed by atoms with Crippen molar-refractivity contribution in [1.82, 2.24) is 9.78 Å². The Morgan fingerprint density at radius 1 is 1.55 bits per heavy atom. The molecule has 0 aromatic carbocycles. The molecule has 1 amide bonds. The number of ether oxygens (including phenoxy) is 1. The minimum absolute atomic E-state index is 0.00185. The highest BCUT2D eigenvalue weighted by Gasteiger charge is 2.22. The fourth-order valence-corrected chi connectivity index (χ4v) is 1.40. The molecule has 108 valence electrons. The number of nitrogens with one attached hydrogen (secondary N) is 1. The maximum Gasteiger partial charge on any atom is 0.413 e. The first-order valence-electron chi connectivity index (χ1n) is 5.90. The Hall–Kier alpha value is -2.56. The van der Waals surface area contributed by atoms with Gasteiger partial charge in [0.25, 0.3) is 0 Å². The minimum Gasteiger partial charge on any atom is -0.477 e. The molecule has 1 rings (SSSR count). The number of amides is 1. The Kier molecular flexibility index (Phi) is 4.69. The van der Waals surface area contributed by atoms with Crippen LogP contribution in [0.5, 0.6) is 0 Å². The van der Waals surface area contributed by atoms with Crippen molar-refractivity contribution in [2.24, 2.45) is 0 Å². The smallest absolute Gasteiger partial charge is 0.413 e. The molecule has 20 heavy (non-hydrogen) atoms. The van der Waals surface area contributed by atoms with Crippen molar-refractivity contribution in [1.29, 1.82) is 5.26 Å². The monoisotopic (exact) mass is 280 g/mol. The number of hydrogen-bond acceptors (Lipinski definition) is 5. The molecule has 0 aliphatic carbocycles. The van der Waals surface area contributed by atoms with Crippen LogP contribution in [0, 0.1) is 11.3 Å². The lowest BCUT2D eigenvalue weighted by molar-refractivity contribution is 0.0634. The number of carboxylic acids is 1. The van der Waals surface area contributed by atoms with Crippen LogP contribution in [0.4, 0.5) is 10.6 Å². The zero-order valence-electron chi connectivity index (χ0n) is 11.5. The van der Waals surface area contributed by atoms with Gasteiger partial charge in [-0.3, -0.25) is 5.32 Å². The van der Waals surface area contributed by atoms with E-state index in [4.69, 9.17) is 15.1 Å². The fourth-order valence-electron chi connectivity index (χ4n) is 1.40. The predicted molar refractivity (Wildman–Crippen MR) is 69.3 cm³/mol. The van der Waals surface area contributed by atoms with E-state index in [1.807, 2.05) is 6.07 Å². The number of aromatic nitrogens is 2. The number of anilines is 1. The van der Waals surface area contributed by atoms with E-state index in [0.29, 0.717) is 0 Å². The third-order valence-corrected chi connectivity index (χ3v) is 2.12. The SMILES string of the molecule is CC(C)(C)OC(=O)Nc1c(C(=O)O)cnn1CCC#N. The summed E-state index contributed by atoms with van der Waals surface area (Å²) in [5.41, 5.74) is -0.862. The molecule has 1 heterocycles. The lowest BCUT2D eigenvalue weighted by Crippen LogP contribution is -2.28. The molecular formula is C12H16N4O4. The average Bonchev–Trinajstić information content (AvgIpc) is 2.66. The quantitative estimate of drug-likeness (QED) is 0.868. The van der Waals surface area contributed by atoms with Gasteiger partial charge in [-0.05, 0) is 20.8 Å². The topological polar surface area (TPSA) is 117 Å². The Morgan fingerprint density at radius 3 is 2.70 bits per heavy atom. The summed E-state index contributed by atoms with van der Waals surface area (Å²) in [4.78, 5) is 22.8. The average molecular weight is 280 g/mol. The van der Waals surface area contributed by atoms with E-state index in [1.165, 1.54) is 4.68 Å². The molecule has 1 aromatic rings. The minimum atomic E-state index is -1.22. The number of carbonyl (C=O) groups is 2. The Bertz CT molecular complexity index is 551. The molecular weight excluding hydrogens is 264 g/mol. The van der Waals surface area contributed by atoms with E-state index in [-0.39, 0.29) is 24.3 Å². The largest absolute Gasteiger partial charge is 0.477 e. The maximum atomic E-state index is 11.7. The van der Waals surface area contributed by atoms with E-state index in [9.17, 15) is 9.59 Å². The Balaban J connectivity index is 2.96. The molecule has 8 heteroatoms. The lowest BCUT2D eigenvalue weighted by atomic mass is 10.2. The molecule has 0 unspecified atom stereocenters. The van der Waals surface area contributed by atoms with Gasteiger partial charge >= 0.3 is 12.1 Å². The van der Waals surface area contributed by atoms with Crippen LogP contribution in [-0.4, -0.2) is 32.6 Å². The van der Waals surface area contributed by atoms with Crippen LogP contribution in [0.2, 0.25) is 0 Å². The van der Waals surface area contributed by atoms with Crippen molar-refractivity contribution in [2.75, 3.05) is 5.32 Å². The predicted octanol–water partition coefficient (Wildman–Crippen LogP) is 1.84. The first-order chi connectivity index (χ1) is 9.24. The van der Waals surface area contributed by atoms with Gasteiger partial charge in [-0.15, -0.1) is 0 Å². The molecule has 8 nitrogen and oxygen atoms in total. The molecule has 0 atom stereocenters. The van der Waals surface area contributed by atoms with Crippen LogP contribution < -0.4 is 5.32 Å². The molecule has 0 spiro atoms. The molecule has 2 N–H and O–H groups in total. The highest BCUT2D eigenvalue weighted by molar-refractivity contribution is 5.97. The summed E-state index contributed by atoms with van der Waals surface area (Å²) in [6.07, 6.45) is 0.481. The summed E-state index contributed by atoms with van der Waals surface area (Å²) in [5, 5.41) is 23.8. The van der Waals surface area contributed by atoms with Gasteiger partial charge in [-0.1, -0.05) is 0 Å². The fraction of sp³-hybridized carbons (Fsp3) is 0.500. The van der Waals surface area contributed by atoms with E-state index in [0.717, 1.165) is 6.20 Å². The summed E-state index contributed by atoms with van der Waals surface area (Å²) >= 11 is 0. The molecule has 0 fully saturated rings. The number of hydrogen-bond donors (Lipinski definition) is 2. The van der Waals surface area contributed by atoms with Crippen LogP contribution >= 0.6 is 0 Å². The molecule has 0 aliphatic heterocycles. The number of rotatable bonds is 4. The van der Waals surface area contributed by atoms with Crippen molar-refractivity contribution in [3.05, 3.63) is 11.8 Å². The van der Waals surface area contributed by atoms with Crippen molar-refractivity contribution < 1.29 is 19.4 Å². The van der Waals surface area contributed by atoms with Gasteiger partial charge in [0.15, 0.2) is 0 Å². The third kappa shape index (κ3) is 4.28. The first-order valence-corrected chi connectivity index (χ1v) is 5.90. The third-order valence-electron chi connectivity index (χ3n) is 2.12. The van der Waals surface area contributed by atoms with E-state index in [2.05, 4.69) is 10.4 Å². The van der Waals surface area contributed by atoms with E-state index in [1.54, 1.807) is 20.8 Å². The van der Waals surface area contributed by atoms with Gasteiger partial charge in [-0.25, -0.2) is 14.3 Å². The van der Waals surface area contributed by atoms with Crippen molar-refractivity contribution >= 4 is 17.9 Å². The number of aromatic carboxylic acids is 1. The number of nitrogens with zero attached hydrogens (tertiary/aromatic N) is 3. The standard InChI is InChI=1S/C12H16N4O4/c1-12(2,3)20-11(19)15-9-8(10(17)18)7-14-16(9)6-4-5-13/h7H,4,6H2,1-3H3,(H,15,19)(H,17,18). The van der Waals surface area contributed by atoms with Crippen LogP contribution in [0.15, 0.2) is 6.20 Å². The van der Waals surface area contributed by atoms with Gasteiger partial charge < -0.3 is 9.84 Å². The number of nitriles is 1. The molecule has 0 bridgehead atoms. The van der Waals surface area contributed by atoms with Gasteiger partial charge in [0.05, 0.1) is 25.2 Å². The van der Waals surface area contributed by atoms with E-state index >= 15 is 0 Å². The van der Waals surface area contributed by atoms with Crippen molar-refractivity contribution in [2.45, 2.75) is 39.3 Å².